The van der Waals surface area contributed by atoms with Gasteiger partial charge >= 0.3 is 0 Å². The molecule has 0 unspecified atom stereocenters. The van der Waals surface area contributed by atoms with Gasteiger partial charge in [-0.1, -0.05) is 24.3 Å². The summed E-state index contributed by atoms with van der Waals surface area (Å²) >= 11 is 0. The molecule has 0 saturated heterocycles. The van der Waals surface area contributed by atoms with Gasteiger partial charge in [-0.2, -0.15) is 0 Å². The van der Waals surface area contributed by atoms with Crippen molar-refractivity contribution >= 4 is 0 Å². The average molecular weight is 285 g/mol. The highest BCUT2D eigenvalue weighted by Crippen LogP contribution is 2.26. The summed E-state index contributed by atoms with van der Waals surface area (Å²) in [5, 5.41) is 0. The van der Waals surface area contributed by atoms with Crippen LogP contribution in [0.2, 0.25) is 0 Å². The molecule has 0 radical (unpaired) electrons. The molecule has 0 saturated carbocycles. The lowest BCUT2D eigenvalue weighted by molar-refractivity contribution is 0.301. The normalized spacial score (nSPS) is 10.5. The summed E-state index contributed by atoms with van der Waals surface area (Å²) in [5.74, 6) is 1.82. The van der Waals surface area contributed by atoms with Crippen molar-refractivity contribution < 1.29 is 9.47 Å². The maximum atomic E-state index is 5.99. The Morgan fingerprint density at radius 2 is 1.57 bits per heavy atom. The van der Waals surface area contributed by atoms with E-state index in [1.165, 1.54) is 5.56 Å². The number of ether oxygens (including phenoxy) is 2. The summed E-state index contributed by atoms with van der Waals surface area (Å²) < 4.78 is 11.1. The van der Waals surface area contributed by atoms with Crippen molar-refractivity contribution in [3.05, 3.63) is 58.7 Å². The van der Waals surface area contributed by atoms with E-state index in [0.717, 1.165) is 34.6 Å². The summed E-state index contributed by atoms with van der Waals surface area (Å²) in [5.41, 5.74) is 10.3. The molecule has 3 heteroatoms. The third-order valence-corrected chi connectivity index (χ3v) is 3.50. The van der Waals surface area contributed by atoms with Crippen molar-refractivity contribution in [3.8, 4) is 11.5 Å². The van der Waals surface area contributed by atoms with E-state index >= 15 is 0 Å². The molecule has 0 heterocycles. The molecule has 21 heavy (non-hydrogen) atoms. The summed E-state index contributed by atoms with van der Waals surface area (Å²) in [6.07, 6.45) is 0.903. The summed E-state index contributed by atoms with van der Waals surface area (Å²) in [6.45, 7) is 5.39. The highest BCUT2D eigenvalue weighted by atomic mass is 16.5. The molecule has 0 amide bonds. The number of rotatable bonds is 6. The van der Waals surface area contributed by atoms with E-state index in [-0.39, 0.29) is 0 Å². The lowest BCUT2D eigenvalue weighted by Crippen LogP contribution is -2.05. The van der Waals surface area contributed by atoms with Gasteiger partial charge in [0.15, 0.2) is 0 Å². The van der Waals surface area contributed by atoms with Gasteiger partial charge in [-0.05, 0) is 61.2 Å². The minimum absolute atomic E-state index is 0.557. The van der Waals surface area contributed by atoms with Gasteiger partial charge in [0.2, 0.25) is 0 Å². The number of aryl methyl sites for hydroxylation is 2. The molecule has 0 fully saturated rings. The summed E-state index contributed by atoms with van der Waals surface area (Å²) in [4.78, 5) is 0. The molecule has 2 rings (SSSR count). The maximum Gasteiger partial charge on any atom is 0.125 e. The Kier molecular flexibility index (Phi) is 5.23. The highest BCUT2D eigenvalue weighted by Gasteiger charge is 2.07. The first kappa shape index (κ1) is 15.4. The molecule has 0 atom stereocenters. The summed E-state index contributed by atoms with van der Waals surface area (Å²) in [6, 6.07) is 12.2. The van der Waals surface area contributed by atoms with Crippen LogP contribution in [0.5, 0.6) is 11.5 Å². The Labute approximate surface area is 126 Å². The minimum atomic E-state index is 0.557. The van der Waals surface area contributed by atoms with Gasteiger partial charge in [0.25, 0.3) is 0 Å². The van der Waals surface area contributed by atoms with E-state index < -0.39 is 0 Å². The molecular formula is C18H23NO2. The smallest absolute Gasteiger partial charge is 0.125 e. The maximum absolute atomic E-state index is 5.99. The first-order chi connectivity index (χ1) is 10.1. The molecule has 0 aliphatic carbocycles. The topological polar surface area (TPSA) is 44.5 Å². The van der Waals surface area contributed by atoms with E-state index in [4.69, 9.17) is 15.2 Å². The Morgan fingerprint density at radius 1 is 0.952 bits per heavy atom. The minimum Gasteiger partial charge on any atom is -0.497 e. The van der Waals surface area contributed by atoms with Crippen LogP contribution in [0.4, 0.5) is 0 Å². The van der Waals surface area contributed by atoms with Crippen LogP contribution in [0.3, 0.4) is 0 Å². The molecule has 2 aromatic carbocycles. The van der Waals surface area contributed by atoms with Crippen LogP contribution in [0.15, 0.2) is 36.4 Å². The fourth-order valence-electron chi connectivity index (χ4n) is 2.46. The van der Waals surface area contributed by atoms with Gasteiger partial charge in [-0.15, -0.1) is 0 Å². The zero-order valence-corrected chi connectivity index (χ0v) is 13.0. The standard InChI is InChI=1S/C18H23NO2/c1-13-10-16(8-9-19)11-14(2)18(13)21-12-15-4-6-17(20-3)7-5-15/h4-7,10-11H,8-9,12,19H2,1-3H3. The second-order valence-corrected chi connectivity index (χ2v) is 5.23. The third kappa shape index (κ3) is 3.99. The Bertz CT molecular complexity index is 568. The van der Waals surface area contributed by atoms with Crippen LogP contribution >= 0.6 is 0 Å². The first-order valence-corrected chi connectivity index (χ1v) is 7.20. The number of hydrogen-bond donors (Lipinski definition) is 1. The number of hydrogen-bond acceptors (Lipinski definition) is 3. The predicted molar refractivity (Wildman–Crippen MR) is 86.0 cm³/mol. The fraction of sp³-hybridized carbons (Fsp3) is 0.333. The largest absolute Gasteiger partial charge is 0.497 e. The average Bonchev–Trinajstić information content (AvgIpc) is 2.47. The molecule has 2 aromatic rings. The van der Waals surface area contributed by atoms with E-state index in [9.17, 15) is 0 Å². The van der Waals surface area contributed by atoms with Crippen molar-refractivity contribution in [1.29, 1.82) is 0 Å². The van der Waals surface area contributed by atoms with E-state index in [2.05, 4.69) is 26.0 Å². The quantitative estimate of drug-likeness (QED) is 0.884. The van der Waals surface area contributed by atoms with E-state index in [1.807, 2.05) is 24.3 Å². The van der Waals surface area contributed by atoms with Crippen molar-refractivity contribution in [2.75, 3.05) is 13.7 Å². The SMILES string of the molecule is COc1ccc(COc2c(C)cc(CCN)cc2C)cc1. The first-order valence-electron chi connectivity index (χ1n) is 7.20. The highest BCUT2D eigenvalue weighted by molar-refractivity contribution is 5.43. The third-order valence-electron chi connectivity index (χ3n) is 3.50. The van der Waals surface area contributed by atoms with Crippen LogP contribution in [0, 0.1) is 13.8 Å². The predicted octanol–water partition coefficient (Wildman–Crippen LogP) is 3.39. The van der Waals surface area contributed by atoms with Crippen LogP contribution < -0.4 is 15.2 Å². The molecule has 112 valence electrons. The number of nitrogens with two attached hydrogens (primary N) is 1. The monoisotopic (exact) mass is 285 g/mol. The van der Waals surface area contributed by atoms with Gasteiger partial charge in [-0.3, -0.25) is 0 Å². The van der Waals surface area contributed by atoms with Gasteiger partial charge < -0.3 is 15.2 Å². The molecule has 0 aromatic heterocycles. The molecule has 0 bridgehead atoms. The van der Waals surface area contributed by atoms with E-state index in [0.29, 0.717) is 13.2 Å². The lowest BCUT2D eigenvalue weighted by atomic mass is 10.0. The Balaban J connectivity index is 2.08. The van der Waals surface area contributed by atoms with Gasteiger partial charge in [0, 0.05) is 0 Å². The van der Waals surface area contributed by atoms with Crippen molar-refractivity contribution in [2.24, 2.45) is 5.73 Å². The summed E-state index contributed by atoms with van der Waals surface area (Å²) in [7, 11) is 1.67. The zero-order chi connectivity index (χ0) is 15.2. The molecule has 2 N–H and O–H groups in total. The van der Waals surface area contributed by atoms with Crippen LogP contribution in [0.25, 0.3) is 0 Å². The molecule has 3 nitrogen and oxygen atoms in total. The fourth-order valence-corrected chi connectivity index (χ4v) is 2.46. The Morgan fingerprint density at radius 3 is 2.10 bits per heavy atom. The van der Waals surface area contributed by atoms with Crippen molar-refractivity contribution in [3.63, 3.8) is 0 Å². The zero-order valence-electron chi connectivity index (χ0n) is 13.0. The molecule has 0 spiro atoms. The van der Waals surface area contributed by atoms with Crippen LogP contribution in [-0.4, -0.2) is 13.7 Å². The second-order valence-electron chi connectivity index (χ2n) is 5.23. The lowest BCUT2D eigenvalue weighted by Gasteiger charge is -2.14. The van der Waals surface area contributed by atoms with Crippen molar-refractivity contribution in [1.82, 2.24) is 0 Å². The molecular weight excluding hydrogens is 262 g/mol. The van der Waals surface area contributed by atoms with Gasteiger partial charge in [0.1, 0.15) is 18.1 Å². The van der Waals surface area contributed by atoms with Gasteiger partial charge in [-0.25, -0.2) is 0 Å². The molecule has 0 aliphatic heterocycles. The number of benzene rings is 2. The van der Waals surface area contributed by atoms with Crippen LogP contribution in [0.1, 0.15) is 22.3 Å². The molecule has 0 aliphatic rings. The van der Waals surface area contributed by atoms with E-state index in [1.54, 1.807) is 7.11 Å². The second kappa shape index (κ2) is 7.14. The van der Waals surface area contributed by atoms with Crippen LogP contribution in [-0.2, 0) is 13.0 Å². The Hall–Kier alpha value is -2.00. The number of methoxy groups -OCH3 is 1. The van der Waals surface area contributed by atoms with Gasteiger partial charge in [0.05, 0.1) is 7.11 Å². The van der Waals surface area contributed by atoms with Crippen molar-refractivity contribution in [2.45, 2.75) is 26.9 Å².